The lowest BCUT2D eigenvalue weighted by molar-refractivity contribution is 0.0732. The van der Waals surface area contributed by atoms with Gasteiger partial charge in [-0.15, -0.1) is 0 Å². The second-order valence-corrected chi connectivity index (χ2v) is 7.36. The van der Waals surface area contributed by atoms with Gasteiger partial charge in [-0.25, -0.2) is 0 Å². The molecule has 0 amide bonds. The first-order valence-electron chi connectivity index (χ1n) is 9.26. The molecule has 0 bridgehead atoms. The molecule has 2 aliphatic rings. The van der Waals surface area contributed by atoms with Crippen LogP contribution in [0.2, 0.25) is 0 Å². The molecule has 2 atom stereocenters. The summed E-state index contributed by atoms with van der Waals surface area (Å²) in [5.74, 6) is 0.752. The molecular weight excluding hydrogens is 270 g/mol. The van der Waals surface area contributed by atoms with Crippen molar-refractivity contribution in [3.05, 3.63) is 35.4 Å². The minimum absolute atomic E-state index is 0.346. The highest BCUT2D eigenvalue weighted by Gasteiger charge is 2.22. The number of β-amino-alcohol motifs (C(OH)–C–C–N with tert-alkyl or cyclic N) is 1. The van der Waals surface area contributed by atoms with Crippen LogP contribution in [0.1, 0.15) is 81.4 Å². The van der Waals surface area contributed by atoms with E-state index in [-0.39, 0.29) is 6.10 Å². The van der Waals surface area contributed by atoms with Gasteiger partial charge in [0.1, 0.15) is 0 Å². The highest BCUT2D eigenvalue weighted by molar-refractivity contribution is 5.27. The molecule has 22 heavy (non-hydrogen) atoms. The fraction of sp³-hybridized carbons (Fsp3) is 0.700. The van der Waals surface area contributed by atoms with Crippen molar-refractivity contribution in [2.45, 2.75) is 76.4 Å². The first-order valence-corrected chi connectivity index (χ1v) is 9.26. The summed E-state index contributed by atoms with van der Waals surface area (Å²) in [5.41, 5.74) is 2.55. The van der Waals surface area contributed by atoms with Gasteiger partial charge in [-0.1, -0.05) is 49.9 Å². The van der Waals surface area contributed by atoms with Crippen LogP contribution in [-0.2, 0) is 0 Å². The summed E-state index contributed by atoms with van der Waals surface area (Å²) >= 11 is 0. The summed E-state index contributed by atoms with van der Waals surface area (Å²) < 4.78 is 0. The number of benzene rings is 1. The summed E-state index contributed by atoms with van der Waals surface area (Å²) in [6, 6.07) is 9.44. The molecule has 0 spiro atoms. The van der Waals surface area contributed by atoms with Crippen LogP contribution in [0.5, 0.6) is 0 Å². The van der Waals surface area contributed by atoms with Gasteiger partial charge in [0.05, 0.1) is 6.10 Å². The standard InChI is InChI=1S/C20H31NO/c1-16-7-5-6-14-21(16)15-20(22)19-12-10-18(11-13-19)17-8-3-2-4-9-17/h10-13,16-17,20,22H,2-9,14-15H2,1H3. The van der Waals surface area contributed by atoms with Gasteiger partial charge < -0.3 is 5.11 Å². The fourth-order valence-electron chi connectivity index (χ4n) is 4.18. The van der Waals surface area contributed by atoms with Gasteiger partial charge in [-0.3, -0.25) is 4.90 Å². The van der Waals surface area contributed by atoms with Crippen LogP contribution in [0.25, 0.3) is 0 Å². The number of aliphatic hydroxyl groups is 1. The molecule has 3 rings (SSSR count). The second kappa shape index (κ2) is 7.61. The Labute approximate surface area is 135 Å². The zero-order chi connectivity index (χ0) is 15.4. The third-order valence-corrected chi connectivity index (χ3v) is 5.75. The van der Waals surface area contributed by atoms with Crippen molar-refractivity contribution in [1.29, 1.82) is 0 Å². The van der Waals surface area contributed by atoms with Crippen LogP contribution < -0.4 is 0 Å². The zero-order valence-electron chi connectivity index (χ0n) is 14.0. The highest BCUT2D eigenvalue weighted by Crippen LogP contribution is 2.33. The van der Waals surface area contributed by atoms with Gasteiger partial charge in [0.25, 0.3) is 0 Å². The summed E-state index contributed by atoms with van der Waals surface area (Å²) in [6.07, 6.45) is 10.4. The number of hydrogen-bond donors (Lipinski definition) is 1. The SMILES string of the molecule is CC1CCCCN1CC(O)c1ccc(C2CCCCC2)cc1. The van der Waals surface area contributed by atoms with E-state index in [1.807, 2.05) is 0 Å². The molecule has 1 aliphatic heterocycles. The average Bonchev–Trinajstić information content (AvgIpc) is 2.58. The topological polar surface area (TPSA) is 23.5 Å². The molecule has 1 aliphatic carbocycles. The molecule has 0 aromatic heterocycles. The van der Waals surface area contributed by atoms with Crippen molar-refractivity contribution in [1.82, 2.24) is 4.90 Å². The predicted molar refractivity (Wildman–Crippen MR) is 92.1 cm³/mol. The minimum atomic E-state index is -0.346. The molecule has 1 N–H and O–H groups in total. The number of piperidine rings is 1. The maximum absolute atomic E-state index is 10.6. The summed E-state index contributed by atoms with van der Waals surface area (Å²) in [4.78, 5) is 2.45. The quantitative estimate of drug-likeness (QED) is 0.875. The van der Waals surface area contributed by atoms with Gasteiger partial charge in [0.2, 0.25) is 0 Å². The van der Waals surface area contributed by atoms with E-state index in [0.717, 1.165) is 24.6 Å². The maximum atomic E-state index is 10.6. The van der Waals surface area contributed by atoms with Crippen LogP contribution >= 0.6 is 0 Å². The van der Waals surface area contributed by atoms with E-state index in [1.54, 1.807) is 0 Å². The summed E-state index contributed by atoms with van der Waals surface area (Å²) in [6.45, 7) is 4.21. The van der Waals surface area contributed by atoms with E-state index in [4.69, 9.17) is 0 Å². The van der Waals surface area contributed by atoms with Gasteiger partial charge in [-0.05, 0) is 56.2 Å². The van der Waals surface area contributed by atoms with E-state index in [9.17, 15) is 5.11 Å². The van der Waals surface area contributed by atoms with Crippen molar-refractivity contribution >= 4 is 0 Å². The monoisotopic (exact) mass is 301 g/mol. The Kier molecular flexibility index (Phi) is 5.54. The lowest BCUT2D eigenvalue weighted by Crippen LogP contribution is -2.40. The first kappa shape index (κ1) is 16.0. The lowest BCUT2D eigenvalue weighted by atomic mass is 9.84. The van der Waals surface area contributed by atoms with Crippen LogP contribution in [0.15, 0.2) is 24.3 Å². The number of rotatable bonds is 4. The summed E-state index contributed by atoms with van der Waals surface area (Å²) in [5, 5.41) is 10.6. The maximum Gasteiger partial charge on any atom is 0.0917 e. The van der Waals surface area contributed by atoms with E-state index in [0.29, 0.717) is 6.04 Å². The molecule has 2 unspecified atom stereocenters. The Morgan fingerprint density at radius 2 is 1.68 bits per heavy atom. The lowest BCUT2D eigenvalue weighted by Gasteiger charge is -2.34. The molecule has 2 nitrogen and oxygen atoms in total. The average molecular weight is 301 g/mol. The number of likely N-dealkylation sites (tertiary alicyclic amines) is 1. The van der Waals surface area contributed by atoms with Crippen molar-refractivity contribution in [3.63, 3.8) is 0 Å². The molecule has 1 aromatic rings. The first-order chi connectivity index (χ1) is 10.7. The van der Waals surface area contributed by atoms with Crippen molar-refractivity contribution in [3.8, 4) is 0 Å². The number of aliphatic hydroxyl groups excluding tert-OH is 1. The largest absolute Gasteiger partial charge is 0.387 e. The molecule has 2 heteroatoms. The van der Waals surface area contributed by atoms with Gasteiger partial charge in [0, 0.05) is 12.6 Å². The smallest absolute Gasteiger partial charge is 0.0917 e. The minimum Gasteiger partial charge on any atom is -0.387 e. The molecule has 1 saturated carbocycles. The van der Waals surface area contributed by atoms with Crippen LogP contribution in [-0.4, -0.2) is 29.1 Å². The van der Waals surface area contributed by atoms with Crippen molar-refractivity contribution in [2.75, 3.05) is 13.1 Å². The zero-order valence-corrected chi connectivity index (χ0v) is 14.0. The molecule has 0 radical (unpaired) electrons. The van der Waals surface area contributed by atoms with Crippen molar-refractivity contribution < 1.29 is 5.11 Å². The van der Waals surface area contributed by atoms with E-state index >= 15 is 0 Å². The van der Waals surface area contributed by atoms with E-state index < -0.39 is 0 Å². The normalized spacial score (nSPS) is 26.0. The van der Waals surface area contributed by atoms with Crippen LogP contribution in [0.4, 0.5) is 0 Å². The van der Waals surface area contributed by atoms with Gasteiger partial charge >= 0.3 is 0 Å². The van der Waals surface area contributed by atoms with E-state index in [2.05, 4.69) is 36.1 Å². The highest BCUT2D eigenvalue weighted by atomic mass is 16.3. The number of nitrogens with zero attached hydrogens (tertiary/aromatic N) is 1. The van der Waals surface area contributed by atoms with Crippen LogP contribution in [0, 0.1) is 0 Å². The third kappa shape index (κ3) is 3.91. The molecule has 1 heterocycles. The molecule has 1 saturated heterocycles. The Morgan fingerprint density at radius 1 is 1.00 bits per heavy atom. The number of hydrogen-bond acceptors (Lipinski definition) is 2. The van der Waals surface area contributed by atoms with Crippen LogP contribution in [0.3, 0.4) is 0 Å². The fourth-order valence-corrected chi connectivity index (χ4v) is 4.18. The molecule has 122 valence electrons. The summed E-state index contributed by atoms with van der Waals surface area (Å²) in [7, 11) is 0. The van der Waals surface area contributed by atoms with Gasteiger partial charge in [0.15, 0.2) is 0 Å². The Balaban J connectivity index is 1.59. The predicted octanol–water partition coefficient (Wildman–Crippen LogP) is 4.64. The Bertz CT molecular complexity index is 449. The van der Waals surface area contributed by atoms with Gasteiger partial charge in [-0.2, -0.15) is 0 Å². The van der Waals surface area contributed by atoms with E-state index in [1.165, 1.54) is 56.9 Å². The molecule has 1 aromatic carbocycles. The second-order valence-electron chi connectivity index (χ2n) is 7.36. The molecule has 2 fully saturated rings. The van der Waals surface area contributed by atoms with Crippen molar-refractivity contribution in [2.24, 2.45) is 0 Å². The molecular formula is C20H31NO. The Morgan fingerprint density at radius 3 is 2.36 bits per heavy atom. The third-order valence-electron chi connectivity index (χ3n) is 5.75. The Hall–Kier alpha value is -0.860.